The van der Waals surface area contributed by atoms with E-state index in [2.05, 4.69) is 15.5 Å². The molecule has 184 valence electrons. The molecule has 3 heterocycles. The van der Waals surface area contributed by atoms with E-state index in [1.807, 2.05) is 29.7 Å². The summed E-state index contributed by atoms with van der Waals surface area (Å²) in [5.74, 6) is -0.819. The van der Waals surface area contributed by atoms with Crippen LogP contribution in [-0.2, 0) is 17.6 Å². The number of hydrogen-bond acceptors (Lipinski definition) is 6. The number of halogens is 2. The Morgan fingerprint density at radius 2 is 2.06 bits per heavy atom. The van der Waals surface area contributed by atoms with Crippen LogP contribution in [0.5, 0.6) is 0 Å². The number of anilines is 3. The topological polar surface area (TPSA) is 90.0 Å². The number of nitrogens with zero attached hydrogens (tertiary/aromatic N) is 5. The average molecular weight is 474 g/mol. The minimum Gasteiger partial charge on any atom is -0.341 e. The highest BCUT2D eigenvalue weighted by molar-refractivity contribution is 5.85. The van der Waals surface area contributed by atoms with Crippen LogP contribution >= 0.6 is 0 Å². The largest absolute Gasteiger partial charge is 0.341 e. The number of aryl methyl sites for hydroxylation is 1. The summed E-state index contributed by atoms with van der Waals surface area (Å²) in [5.41, 5.74) is 2.82. The summed E-state index contributed by atoms with van der Waals surface area (Å²) in [7, 11) is 0. The number of fused-ring (bicyclic) bond motifs is 1. The summed E-state index contributed by atoms with van der Waals surface area (Å²) in [6, 6.07) is 1.57. The van der Waals surface area contributed by atoms with Crippen LogP contribution in [0.3, 0.4) is 0 Å². The number of likely N-dealkylation sites (N-methyl/N-ethyl adjacent to an activating group) is 1. The molecule has 1 saturated carbocycles. The fraction of sp³-hybridized carbons (Fsp3) is 0.667. The standard InChI is InChI=1S/C24H33F2N7O/c1-3-32(4-2)22(34)19-9-6-12-33(19)23-27-17-8-5-7-16(17)21(29-23)28-20-13-18(30-31-20)15-10-11-24(25,26)14-15/h13,15,19H,3-12,14H2,1-2H3,(H2,27,28,29,30,31). The molecule has 1 aliphatic heterocycles. The van der Waals surface area contributed by atoms with Crippen molar-refractivity contribution in [1.82, 2.24) is 25.1 Å². The molecule has 10 heteroatoms. The highest BCUT2D eigenvalue weighted by Crippen LogP contribution is 2.44. The average Bonchev–Trinajstić information content (AvgIpc) is 3.60. The molecule has 2 aliphatic carbocycles. The zero-order valence-electron chi connectivity index (χ0n) is 19.9. The minimum absolute atomic E-state index is 0.0779. The van der Waals surface area contributed by atoms with Crippen molar-refractivity contribution in [2.24, 2.45) is 0 Å². The summed E-state index contributed by atoms with van der Waals surface area (Å²) in [4.78, 5) is 26.7. The molecule has 2 aromatic rings. The summed E-state index contributed by atoms with van der Waals surface area (Å²) in [6.45, 7) is 6.12. The highest BCUT2D eigenvalue weighted by Gasteiger charge is 2.41. The van der Waals surface area contributed by atoms with Gasteiger partial charge >= 0.3 is 0 Å². The third-order valence-corrected chi connectivity index (χ3v) is 7.48. The van der Waals surface area contributed by atoms with Crippen LogP contribution in [-0.4, -0.2) is 62.6 Å². The Hall–Kier alpha value is -2.78. The van der Waals surface area contributed by atoms with Gasteiger partial charge in [-0.1, -0.05) is 0 Å². The van der Waals surface area contributed by atoms with Crippen LogP contribution in [0.4, 0.5) is 26.4 Å². The van der Waals surface area contributed by atoms with E-state index in [4.69, 9.17) is 9.97 Å². The lowest BCUT2D eigenvalue weighted by Crippen LogP contribution is -2.46. The van der Waals surface area contributed by atoms with Gasteiger partial charge in [0.25, 0.3) is 0 Å². The smallest absolute Gasteiger partial charge is 0.248 e. The third-order valence-electron chi connectivity index (χ3n) is 7.48. The molecular formula is C24H33F2N7O. The number of alkyl halides is 2. The molecular weight excluding hydrogens is 440 g/mol. The minimum atomic E-state index is -2.60. The zero-order chi connectivity index (χ0) is 23.9. The van der Waals surface area contributed by atoms with Crippen LogP contribution in [0.1, 0.15) is 75.2 Å². The normalized spacial score (nSPS) is 23.4. The molecule has 2 aromatic heterocycles. The maximum Gasteiger partial charge on any atom is 0.248 e. The molecule has 5 rings (SSSR count). The van der Waals surface area contributed by atoms with Gasteiger partial charge in [0.1, 0.15) is 11.9 Å². The van der Waals surface area contributed by atoms with E-state index in [1.54, 1.807) is 0 Å². The van der Waals surface area contributed by atoms with E-state index in [0.717, 1.165) is 55.6 Å². The molecule has 2 unspecified atom stereocenters. The van der Waals surface area contributed by atoms with Crippen molar-refractivity contribution < 1.29 is 13.6 Å². The van der Waals surface area contributed by atoms with Gasteiger partial charge in [-0.05, 0) is 52.4 Å². The van der Waals surface area contributed by atoms with Crippen molar-refractivity contribution in [2.45, 2.75) is 83.1 Å². The van der Waals surface area contributed by atoms with E-state index in [-0.39, 0.29) is 30.7 Å². The van der Waals surface area contributed by atoms with Crippen LogP contribution in [0.15, 0.2) is 6.07 Å². The van der Waals surface area contributed by atoms with Crippen LogP contribution < -0.4 is 10.2 Å². The molecule has 3 aliphatic rings. The monoisotopic (exact) mass is 473 g/mol. The fourth-order valence-corrected chi connectivity index (χ4v) is 5.61. The quantitative estimate of drug-likeness (QED) is 0.627. The lowest BCUT2D eigenvalue weighted by Gasteiger charge is -2.29. The van der Waals surface area contributed by atoms with Crippen molar-refractivity contribution >= 4 is 23.5 Å². The van der Waals surface area contributed by atoms with Crippen LogP contribution in [0, 0.1) is 0 Å². The molecule has 0 radical (unpaired) electrons. The molecule has 8 nitrogen and oxygen atoms in total. The number of hydrogen-bond donors (Lipinski definition) is 2. The number of carbonyl (C=O) groups excluding carboxylic acids is 1. The third kappa shape index (κ3) is 4.34. The summed E-state index contributed by atoms with van der Waals surface area (Å²) >= 11 is 0. The molecule has 0 bridgehead atoms. The number of H-pyrrole nitrogens is 1. The van der Waals surface area contributed by atoms with Gasteiger partial charge in [0.05, 0.1) is 5.69 Å². The van der Waals surface area contributed by atoms with Gasteiger partial charge < -0.3 is 15.1 Å². The molecule has 2 N–H and O–H groups in total. The van der Waals surface area contributed by atoms with Crippen molar-refractivity contribution in [3.8, 4) is 0 Å². The molecule has 34 heavy (non-hydrogen) atoms. The molecule has 2 atom stereocenters. The second-order valence-corrected chi connectivity index (χ2v) is 9.64. The van der Waals surface area contributed by atoms with Gasteiger partial charge in [-0.2, -0.15) is 10.1 Å². The Morgan fingerprint density at radius 1 is 1.24 bits per heavy atom. The highest BCUT2D eigenvalue weighted by atomic mass is 19.3. The lowest BCUT2D eigenvalue weighted by molar-refractivity contribution is -0.132. The lowest BCUT2D eigenvalue weighted by atomic mass is 10.0. The second kappa shape index (κ2) is 9.11. The Morgan fingerprint density at radius 3 is 2.79 bits per heavy atom. The number of aromatic nitrogens is 4. The van der Waals surface area contributed by atoms with Gasteiger partial charge in [0, 0.05) is 55.7 Å². The Kier molecular flexibility index (Phi) is 6.16. The van der Waals surface area contributed by atoms with E-state index in [1.165, 1.54) is 0 Å². The van der Waals surface area contributed by atoms with Crippen LogP contribution in [0.2, 0.25) is 0 Å². The Bertz CT molecular complexity index is 1050. The summed E-state index contributed by atoms with van der Waals surface area (Å²) < 4.78 is 27.3. The number of carbonyl (C=O) groups is 1. The Balaban J connectivity index is 1.39. The first-order valence-electron chi connectivity index (χ1n) is 12.5. The summed E-state index contributed by atoms with van der Waals surface area (Å²) in [6.07, 6.45) is 4.73. The van der Waals surface area contributed by atoms with Crippen molar-refractivity contribution in [3.05, 3.63) is 23.0 Å². The maximum atomic E-state index is 13.7. The predicted octanol–water partition coefficient (Wildman–Crippen LogP) is 4.17. The number of aromatic amines is 1. The first-order chi connectivity index (χ1) is 16.4. The molecule has 0 spiro atoms. The Labute approximate surface area is 198 Å². The number of nitrogens with one attached hydrogen (secondary N) is 2. The van der Waals surface area contributed by atoms with Gasteiger partial charge in [-0.3, -0.25) is 9.89 Å². The van der Waals surface area contributed by atoms with E-state index in [0.29, 0.717) is 37.1 Å². The molecule has 1 saturated heterocycles. The molecule has 1 amide bonds. The second-order valence-electron chi connectivity index (χ2n) is 9.64. The van der Waals surface area contributed by atoms with Crippen molar-refractivity contribution in [1.29, 1.82) is 0 Å². The van der Waals surface area contributed by atoms with Crippen molar-refractivity contribution in [3.63, 3.8) is 0 Å². The fourth-order valence-electron chi connectivity index (χ4n) is 5.61. The molecule has 2 fully saturated rings. The van der Waals surface area contributed by atoms with Gasteiger partial charge in [-0.25, -0.2) is 13.8 Å². The zero-order valence-corrected chi connectivity index (χ0v) is 19.9. The number of rotatable bonds is 7. The maximum absolute atomic E-state index is 13.7. The predicted molar refractivity (Wildman–Crippen MR) is 126 cm³/mol. The summed E-state index contributed by atoms with van der Waals surface area (Å²) in [5, 5.41) is 10.6. The number of amides is 1. The van der Waals surface area contributed by atoms with Crippen molar-refractivity contribution in [2.75, 3.05) is 29.9 Å². The van der Waals surface area contributed by atoms with E-state index >= 15 is 0 Å². The first-order valence-corrected chi connectivity index (χ1v) is 12.5. The SMILES string of the molecule is CCN(CC)C(=O)C1CCCN1c1nc2c(c(Nc3cc(C4CCC(F)(F)C4)[nH]n3)n1)CCC2. The van der Waals surface area contributed by atoms with Crippen LogP contribution in [0.25, 0.3) is 0 Å². The van der Waals surface area contributed by atoms with E-state index < -0.39 is 5.92 Å². The van der Waals surface area contributed by atoms with Gasteiger partial charge in [0.15, 0.2) is 5.82 Å². The first kappa shape index (κ1) is 23.0. The van der Waals surface area contributed by atoms with Gasteiger partial charge in [-0.15, -0.1) is 0 Å². The van der Waals surface area contributed by atoms with E-state index in [9.17, 15) is 13.6 Å². The molecule has 0 aromatic carbocycles. The van der Waals surface area contributed by atoms with Gasteiger partial charge in [0.2, 0.25) is 17.8 Å².